The minimum Gasteiger partial charge on any atom is -0.385 e. The summed E-state index contributed by atoms with van der Waals surface area (Å²) in [6, 6.07) is 0. The van der Waals surface area contributed by atoms with Gasteiger partial charge in [0, 0.05) is 19.6 Å². The van der Waals surface area contributed by atoms with Crippen LogP contribution in [0, 0.1) is 0 Å². The van der Waals surface area contributed by atoms with Crippen LogP contribution in [0.25, 0.3) is 0 Å². The first-order chi connectivity index (χ1) is 8.51. The van der Waals surface area contributed by atoms with E-state index in [0.29, 0.717) is 13.0 Å². The molecule has 1 fully saturated rings. The number of carbonyl (C=O) groups excluding carboxylic acids is 1. The van der Waals surface area contributed by atoms with Crippen molar-refractivity contribution in [3.8, 4) is 0 Å². The normalized spacial score (nSPS) is 27.2. The number of aromatic nitrogens is 2. The number of carbonyl (C=O) groups is 1. The fourth-order valence-corrected chi connectivity index (χ4v) is 1.93. The maximum Gasteiger partial charge on any atom is 0.271 e. The molecule has 1 saturated heterocycles. The zero-order valence-corrected chi connectivity index (χ0v) is 10.6. The largest absolute Gasteiger partial charge is 0.385 e. The zero-order valence-electron chi connectivity index (χ0n) is 9.89. The van der Waals surface area contributed by atoms with E-state index in [1.165, 1.54) is 12.4 Å². The fourth-order valence-electron chi connectivity index (χ4n) is 1.78. The third kappa shape index (κ3) is 2.77. The molecule has 2 N–H and O–H groups in total. The third-order valence-electron chi connectivity index (χ3n) is 3.05. The van der Waals surface area contributed by atoms with Gasteiger partial charge in [0.2, 0.25) is 0 Å². The van der Waals surface area contributed by atoms with Crippen molar-refractivity contribution < 1.29 is 14.6 Å². The lowest BCUT2D eigenvalue weighted by atomic mass is 9.97. The van der Waals surface area contributed by atoms with Gasteiger partial charge in [-0.25, -0.2) is 4.98 Å². The van der Waals surface area contributed by atoms with Gasteiger partial charge in [0.05, 0.1) is 18.5 Å². The first kappa shape index (κ1) is 13.2. The van der Waals surface area contributed by atoms with E-state index < -0.39 is 11.5 Å². The molecule has 0 bridgehead atoms. The third-order valence-corrected chi connectivity index (χ3v) is 3.23. The second kappa shape index (κ2) is 5.17. The molecule has 0 aliphatic carbocycles. The lowest BCUT2D eigenvalue weighted by molar-refractivity contribution is -0.0252. The molecular formula is C11H14ClN3O3. The number of hydrogen-bond acceptors (Lipinski definition) is 5. The summed E-state index contributed by atoms with van der Waals surface area (Å²) in [5.41, 5.74) is -0.903. The summed E-state index contributed by atoms with van der Waals surface area (Å²) in [4.78, 5) is 19.4. The predicted molar refractivity (Wildman–Crippen MR) is 64.4 cm³/mol. The Morgan fingerprint density at radius 2 is 2.50 bits per heavy atom. The van der Waals surface area contributed by atoms with Crippen molar-refractivity contribution in [1.29, 1.82) is 0 Å². The van der Waals surface area contributed by atoms with Crippen LogP contribution in [0.5, 0.6) is 0 Å². The Kier molecular flexibility index (Phi) is 3.79. The van der Waals surface area contributed by atoms with Crippen LogP contribution in [-0.4, -0.2) is 45.8 Å². The van der Waals surface area contributed by atoms with Gasteiger partial charge in [-0.05, 0) is 6.92 Å². The maximum absolute atomic E-state index is 11.8. The number of nitrogens with one attached hydrogen (secondary N) is 1. The molecule has 1 aliphatic rings. The van der Waals surface area contributed by atoms with Crippen LogP contribution in [0.3, 0.4) is 0 Å². The average Bonchev–Trinajstić information content (AvgIpc) is 2.67. The number of halogens is 1. The van der Waals surface area contributed by atoms with Crippen LogP contribution in [0.2, 0.25) is 5.15 Å². The van der Waals surface area contributed by atoms with Gasteiger partial charge in [-0.2, -0.15) is 0 Å². The molecule has 2 heterocycles. The minimum atomic E-state index is -1.03. The molecule has 0 aromatic carbocycles. The van der Waals surface area contributed by atoms with Gasteiger partial charge >= 0.3 is 0 Å². The Hall–Kier alpha value is -1.24. The van der Waals surface area contributed by atoms with Crippen molar-refractivity contribution in [3.63, 3.8) is 0 Å². The fraction of sp³-hybridized carbons (Fsp3) is 0.545. The van der Waals surface area contributed by atoms with Crippen LogP contribution in [-0.2, 0) is 4.74 Å². The van der Waals surface area contributed by atoms with E-state index in [0.717, 1.165) is 0 Å². The number of amides is 1. The van der Waals surface area contributed by atoms with Crippen LogP contribution in [0.1, 0.15) is 23.8 Å². The van der Waals surface area contributed by atoms with E-state index in [-0.39, 0.29) is 23.5 Å². The summed E-state index contributed by atoms with van der Waals surface area (Å²) >= 11 is 5.64. The maximum atomic E-state index is 11.8. The van der Waals surface area contributed by atoms with E-state index in [2.05, 4.69) is 15.3 Å². The minimum absolute atomic E-state index is 0.112. The Morgan fingerprint density at radius 1 is 1.72 bits per heavy atom. The molecule has 2 atom stereocenters. The topological polar surface area (TPSA) is 84.3 Å². The quantitative estimate of drug-likeness (QED) is 0.831. The molecule has 1 amide bonds. The van der Waals surface area contributed by atoms with E-state index in [4.69, 9.17) is 16.3 Å². The van der Waals surface area contributed by atoms with Crippen LogP contribution in [0.4, 0.5) is 0 Å². The number of hydrogen-bond donors (Lipinski definition) is 2. The second-order valence-electron chi connectivity index (χ2n) is 4.28. The van der Waals surface area contributed by atoms with Gasteiger partial charge in [-0.3, -0.25) is 9.78 Å². The Balaban J connectivity index is 1.96. The molecular weight excluding hydrogens is 258 g/mol. The summed E-state index contributed by atoms with van der Waals surface area (Å²) in [5.74, 6) is -0.419. The smallest absolute Gasteiger partial charge is 0.271 e. The highest BCUT2D eigenvalue weighted by Crippen LogP contribution is 2.24. The van der Waals surface area contributed by atoms with Crippen molar-refractivity contribution >= 4 is 17.5 Å². The van der Waals surface area contributed by atoms with E-state index in [9.17, 15) is 9.90 Å². The first-order valence-corrected chi connectivity index (χ1v) is 5.99. The Labute approximate surface area is 109 Å². The molecule has 1 aliphatic heterocycles. The van der Waals surface area contributed by atoms with Crippen molar-refractivity contribution in [3.05, 3.63) is 23.2 Å². The SMILES string of the molecule is CC1OCCC1(O)CNC(=O)c1cncc(Cl)n1. The highest BCUT2D eigenvalue weighted by Gasteiger charge is 2.39. The molecule has 6 nitrogen and oxygen atoms in total. The van der Waals surface area contributed by atoms with Gasteiger partial charge in [-0.15, -0.1) is 0 Å². The molecule has 0 spiro atoms. The Morgan fingerprint density at radius 3 is 3.11 bits per heavy atom. The monoisotopic (exact) mass is 271 g/mol. The molecule has 2 unspecified atom stereocenters. The molecule has 2 rings (SSSR count). The summed E-state index contributed by atoms with van der Waals surface area (Å²) in [6.45, 7) is 2.38. The van der Waals surface area contributed by atoms with Gasteiger partial charge < -0.3 is 15.2 Å². The lowest BCUT2D eigenvalue weighted by Crippen LogP contribution is -2.47. The second-order valence-corrected chi connectivity index (χ2v) is 4.66. The number of aliphatic hydroxyl groups is 1. The van der Waals surface area contributed by atoms with Crippen LogP contribution < -0.4 is 5.32 Å². The van der Waals surface area contributed by atoms with Crippen molar-refractivity contribution in [2.24, 2.45) is 0 Å². The predicted octanol–water partition coefficient (Wildman–Crippen LogP) is 0.400. The molecule has 1 aromatic heterocycles. The first-order valence-electron chi connectivity index (χ1n) is 5.61. The molecule has 0 saturated carbocycles. The van der Waals surface area contributed by atoms with Crippen molar-refractivity contribution in [2.45, 2.75) is 25.0 Å². The van der Waals surface area contributed by atoms with E-state index >= 15 is 0 Å². The van der Waals surface area contributed by atoms with Crippen LogP contribution in [0.15, 0.2) is 12.4 Å². The highest BCUT2D eigenvalue weighted by atomic mass is 35.5. The highest BCUT2D eigenvalue weighted by molar-refractivity contribution is 6.29. The molecule has 18 heavy (non-hydrogen) atoms. The van der Waals surface area contributed by atoms with Crippen LogP contribution >= 0.6 is 11.6 Å². The Bertz CT molecular complexity index is 457. The van der Waals surface area contributed by atoms with E-state index in [1.807, 2.05) is 0 Å². The number of nitrogens with zero attached hydrogens (tertiary/aromatic N) is 2. The number of rotatable bonds is 3. The van der Waals surface area contributed by atoms with Crippen molar-refractivity contribution in [1.82, 2.24) is 15.3 Å². The van der Waals surface area contributed by atoms with Gasteiger partial charge in [0.25, 0.3) is 5.91 Å². The summed E-state index contributed by atoms with van der Waals surface area (Å²) < 4.78 is 5.28. The standard InChI is InChI=1S/C11H14ClN3O3/c1-7-11(17,2-3-18-7)6-14-10(16)8-4-13-5-9(12)15-8/h4-5,7,17H,2-3,6H2,1H3,(H,14,16). The summed E-state index contributed by atoms with van der Waals surface area (Å²) in [6.07, 6.45) is 2.86. The molecule has 98 valence electrons. The zero-order chi connectivity index (χ0) is 13.2. The average molecular weight is 272 g/mol. The summed E-state index contributed by atoms with van der Waals surface area (Å²) in [7, 11) is 0. The van der Waals surface area contributed by atoms with Gasteiger partial charge in [0.15, 0.2) is 0 Å². The van der Waals surface area contributed by atoms with Crippen molar-refractivity contribution in [2.75, 3.05) is 13.2 Å². The molecule has 1 aromatic rings. The molecule has 7 heteroatoms. The lowest BCUT2D eigenvalue weighted by Gasteiger charge is -2.25. The number of ether oxygens (including phenoxy) is 1. The van der Waals surface area contributed by atoms with Gasteiger partial charge in [-0.1, -0.05) is 11.6 Å². The summed E-state index contributed by atoms with van der Waals surface area (Å²) in [5, 5.41) is 13.0. The van der Waals surface area contributed by atoms with Gasteiger partial charge in [0.1, 0.15) is 16.4 Å². The molecule has 0 radical (unpaired) electrons. The van der Waals surface area contributed by atoms with E-state index in [1.54, 1.807) is 6.92 Å².